The highest BCUT2D eigenvalue weighted by molar-refractivity contribution is 8.00. The van der Waals surface area contributed by atoms with E-state index in [1.54, 1.807) is 17.8 Å². The molecule has 0 aliphatic rings. The van der Waals surface area contributed by atoms with E-state index in [1.807, 2.05) is 30.3 Å². The van der Waals surface area contributed by atoms with Crippen molar-refractivity contribution >= 4 is 39.8 Å². The number of primary amides is 1. The minimum absolute atomic E-state index is 0.414. The first-order chi connectivity index (χ1) is 12.0. The van der Waals surface area contributed by atoms with Crippen molar-refractivity contribution in [2.75, 3.05) is 5.32 Å². The van der Waals surface area contributed by atoms with Gasteiger partial charge in [0.1, 0.15) is 0 Å². The predicted octanol–water partition coefficient (Wildman–Crippen LogP) is 4.29. The van der Waals surface area contributed by atoms with Gasteiger partial charge in [-0.15, -0.1) is 10.2 Å². The maximum Gasteiger partial charge on any atom is 0.248 e. The molecular formula is C18H18N4OS2. The molecule has 0 radical (unpaired) electrons. The van der Waals surface area contributed by atoms with Crippen LogP contribution in [-0.2, 0) is 5.75 Å². The van der Waals surface area contributed by atoms with Gasteiger partial charge in [0.25, 0.3) is 0 Å². The zero-order chi connectivity index (χ0) is 17.8. The van der Waals surface area contributed by atoms with Crippen molar-refractivity contribution in [1.82, 2.24) is 10.2 Å². The lowest BCUT2D eigenvalue weighted by atomic mass is 10.1. The molecule has 3 N–H and O–H groups in total. The van der Waals surface area contributed by atoms with E-state index in [4.69, 9.17) is 5.73 Å². The van der Waals surface area contributed by atoms with E-state index in [0.29, 0.717) is 11.3 Å². The summed E-state index contributed by atoms with van der Waals surface area (Å²) in [5, 5.41) is 12.5. The molecule has 0 saturated carbocycles. The van der Waals surface area contributed by atoms with Crippen LogP contribution in [0.5, 0.6) is 0 Å². The third kappa shape index (κ3) is 4.37. The van der Waals surface area contributed by atoms with Crippen LogP contribution in [0.25, 0.3) is 0 Å². The number of aryl methyl sites for hydroxylation is 1. The second-order valence-electron chi connectivity index (χ2n) is 5.60. The Morgan fingerprint density at radius 2 is 2.00 bits per heavy atom. The van der Waals surface area contributed by atoms with Gasteiger partial charge >= 0.3 is 0 Å². The fourth-order valence-corrected chi connectivity index (χ4v) is 3.99. The van der Waals surface area contributed by atoms with Gasteiger partial charge < -0.3 is 11.1 Å². The van der Waals surface area contributed by atoms with Gasteiger partial charge in [0.2, 0.25) is 11.0 Å². The Labute approximate surface area is 154 Å². The van der Waals surface area contributed by atoms with E-state index in [1.165, 1.54) is 22.5 Å². The summed E-state index contributed by atoms with van der Waals surface area (Å²) in [5.74, 6) is 0.293. The molecule has 0 aliphatic heterocycles. The summed E-state index contributed by atoms with van der Waals surface area (Å²) in [6.45, 7) is 4.17. The number of hydrogen-bond acceptors (Lipinski definition) is 6. The molecular weight excluding hydrogens is 352 g/mol. The number of benzene rings is 2. The van der Waals surface area contributed by atoms with Crippen LogP contribution in [0.3, 0.4) is 0 Å². The highest BCUT2D eigenvalue weighted by atomic mass is 32.2. The van der Waals surface area contributed by atoms with Gasteiger partial charge in [-0.1, -0.05) is 47.4 Å². The molecule has 5 nitrogen and oxygen atoms in total. The minimum atomic E-state index is -0.414. The van der Waals surface area contributed by atoms with Gasteiger partial charge in [0, 0.05) is 17.0 Å². The molecule has 3 aromatic rings. The van der Waals surface area contributed by atoms with Crippen molar-refractivity contribution in [3.63, 3.8) is 0 Å². The Hall–Kier alpha value is -2.38. The number of hydrogen-bond donors (Lipinski definition) is 2. The number of nitrogens with two attached hydrogens (primary N) is 1. The fraction of sp³-hybridized carbons (Fsp3) is 0.167. The average molecular weight is 371 g/mol. The molecule has 0 spiro atoms. The number of carbonyl (C=O) groups excluding carboxylic acids is 1. The van der Waals surface area contributed by atoms with Gasteiger partial charge in [-0.05, 0) is 48.7 Å². The van der Waals surface area contributed by atoms with Crippen LogP contribution < -0.4 is 11.1 Å². The van der Waals surface area contributed by atoms with E-state index < -0.39 is 5.91 Å². The Balaban J connectivity index is 1.65. The summed E-state index contributed by atoms with van der Waals surface area (Å²) in [4.78, 5) is 11.2. The number of thioether (sulfide) groups is 1. The standard InChI is InChI=1S/C18H18N4OS2/c1-11-5-3-8-15(12(11)2)20-17-21-22-18(25-17)24-10-13-6-4-7-14(9-13)16(19)23/h3-9H,10H2,1-2H3,(H2,19,23)(H,20,21). The fourth-order valence-electron chi connectivity index (χ4n) is 2.28. The van der Waals surface area contributed by atoms with Crippen LogP contribution in [0, 0.1) is 13.8 Å². The summed E-state index contributed by atoms with van der Waals surface area (Å²) in [5.41, 5.74) is 10.3. The Bertz CT molecular complexity index is 908. The molecule has 0 aliphatic carbocycles. The van der Waals surface area contributed by atoms with Gasteiger partial charge in [0.05, 0.1) is 0 Å². The largest absolute Gasteiger partial charge is 0.366 e. The maximum absolute atomic E-state index is 11.2. The number of rotatable bonds is 6. The SMILES string of the molecule is Cc1cccc(Nc2nnc(SCc3cccc(C(N)=O)c3)s2)c1C. The van der Waals surface area contributed by atoms with Crippen LogP contribution in [-0.4, -0.2) is 16.1 Å². The highest BCUT2D eigenvalue weighted by Gasteiger charge is 2.08. The summed E-state index contributed by atoms with van der Waals surface area (Å²) in [7, 11) is 0. The van der Waals surface area contributed by atoms with Gasteiger partial charge in [-0.2, -0.15) is 0 Å². The van der Waals surface area contributed by atoms with Gasteiger partial charge in [-0.3, -0.25) is 4.79 Å². The molecule has 0 atom stereocenters. The monoisotopic (exact) mass is 370 g/mol. The molecule has 25 heavy (non-hydrogen) atoms. The Morgan fingerprint density at radius 3 is 2.80 bits per heavy atom. The highest BCUT2D eigenvalue weighted by Crippen LogP contribution is 2.31. The van der Waals surface area contributed by atoms with E-state index >= 15 is 0 Å². The van der Waals surface area contributed by atoms with Crippen LogP contribution in [0.4, 0.5) is 10.8 Å². The molecule has 1 amide bonds. The molecule has 0 unspecified atom stereocenters. The molecule has 0 saturated heterocycles. The molecule has 3 rings (SSSR count). The van der Waals surface area contributed by atoms with Crippen LogP contribution in [0.2, 0.25) is 0 Å². The molecule has 0 fully saturated rings. The summed E-state index contributed by atoms with van der Waals surface area (Å²) < 4.78 is 0.872. The maximum atomic E-state index is 11.2. The summed E-state index contributed by atoms with van der Waals surface area (Å²) in [6.07, 6.45) is 0. The Kier molecular flexibility index (Phi) is 5.35. The third-order valence-electron chi connectivity index (χ3n) is 3.83. The molecule has 7 heteroatoms. The Morgan fingerprint density at radius 1 is 1.20 bits per heavy atom. The van der Waals surface area contributed by atoms with Crippen LogP contribution >= 0.6 is 23.1 Å². The smallest absolute Gasteiger partial charge is 0.248 e. The van der Waals surface area contributed by atoms with Crippen molar-refractivity contribution in [2.45, 2.75) is 23.9 Å². The summed E-state index contributed by atoms with van der Waals surface area (Å²) in [6, 6.07) is 13.5. The third-order valence-corrected chi connectivity index (χ3v) is 5.87. The topological polar surface area (TPSA) is 80.9 Å². The lowest BCUT2D eigenvalue weighted by Gasteiger charge is -2.08. The van der Waals surface area contributed by atoms with Crippen molar-refractivity contribution in [3.8, 4) is 0 Å². The summed E-state index contributed by atoms with van der Waals surface area (Å²) >= 11 is 3.10. The van der Waals surface area contributed by atoms with Crippen LogP contribution in [0.1, 0.15) is 27.0 Å². The van der Waals surface area contributed by atoms with Crippen molar-refractivity contribution in [2.24, 2.45) is 5.73 Å². The van der Waals surface area contributed by atoms with Gasteiger partial charge in [-0.25, -0.2) is 0 Å². The molecule has 2 aromatic carbocycles. The van der Waals surface area contributed by atoms with E-state index in [9.17, 15) is 4.79 Å². The van der Waals surface area contributed by atoms with E-state index in [-0.39, 0.29) is 0 Å². The number of aromatic nitrogens is 2. The normalized spacial score (nSPS) is 10.6. The first-order valence-electron chi connectivity index (χ1n) is 7.71. The number of anilines is 2. The van der Waals surface area contributed by atoms with Crippen molar-refractivity contribution < 1.29 is 4.79 Å². The number of carbonyl (C=O) groups is 1. The second-order valence-corrected chi connectivity index (χ2v) is 7.80. The molecule has 0 bridgehead atoms. The van der Waals surface area contributed by atoms with E-state index in [2.05, 4.69) is 35.4 Å². The molecule has 128 valence electrons. The molecule has 1 aromatic heterocycles. The van der Waals surface area contributed by atoms with Crippen LogP contribution in [0.15, 0.2) is 46.8 Å². The minimum Gasteiger partial charge on any atom is -0.366 e. The first kappa shape index (κ1) is 17.4. The molecule has 1 heterocycles. The van der Waals surface area contributed by atoms with E-state index in [0.717, 1.165) is 20.7 Å². The van der Waals surface area contributed by atoms with Gasteiger partial charge in [0.15, 0.2) is 4.34 Å². The zero-order valence-corrected chi connectivity index (χ0v) is 15.6. The second kappa shape index (κ2) is 7.67. The van der Waals surface area contributed by atoms with Crippen molar-refractivity contribution in [1.29, 1.82) is 0 Å². The number of nitrogens with one attached hydrogen (secondary N) is 1. The number of nitrogens with zero attached hydrogens (tertiary/aromatic N) is 2. The lowest BCUT2D eigenvalue weighted by molar-refractivity contribution is 0.1000. The average Bonchev–Trinajstić information content (AvgIpc) is 3.05. The quantitative estimate of drug-likeness (QED) is 0.633. The van der Waals surface area contributed by atoms with Crippen molar-refractivity contribution in [3.05, 3.63) is 64.7 Å². The number of amides is 1. The zero-order valence-electron chi connectivity index (χ0n) is 13.9. The predicted molar refractivity (Wildman–Crippen MR) is 104 cm³/mol. The first-order valence-corrected chi connectivity index (χ1v) is 9.51. The lowest BCUT2D eigenvalue weighted by Crippen LogP contribution is -2.10.